The molecule has 146 valence electrons. The third kappa shape index (κ3) is 6.17. The van der Waals surface area contributed by atoms with Gasteiger partial charge in [-0.1, -0.05) is 23.7 Å². The number of rotatable bonds is 8. The maximum absolute atomic E-state index is 12.0. The summed E-state index contributed by atoms with van der Waals surface area (Å²) < 4.78 is 0. The smallest absolute Gasteiger partial charge is 0.269 e. The van der Waals surface area contributed by atoms with Gasteiger partial charge >= 0.3 is 0 Å². The fourth-order valence-corrected chi connectivity index (χ4v) is 2.50. The normalized spacial score (nSPS) is 11.0. The van der Waals surface area contributed by atoms with Crippen molar-refractivity contribution in [3.05, 3.63) is 74.8 Å². The number of benzene rings is 2. The number of halogens is 1. The van der Waals surface area contributed by atoms with Gasteiger partial charge in [0.2, 0.25) is 5.91 Å². The lowest BCUT2D eigenvalue weighted by molar-refractivity contribution is -0.384. The van der Waals surface area contributed by atoms with Gasteiger partial charge in [-0.3, -0.25) is 19.7 Å². The summed E-state index contributed by atoms with van der Waals surface area (Å²) in [6.07, 6.45) is 0.619. The lowest BCUT2D eigenvalue weighted by Gasteiger charge is -2.06. The predicted molar refractivity (Wildman–Crippen MR) is 106 cm³/mol. The molecule has 28 heavy (non-hydrogen) atoms. The molecule has 0 saturated heterocycles. The molecule has 0 bridgehead atoms. The number of nitrogens with zero attached hydrogens (tertiary/aromatic N) is 2. The summed E-state index contributed by atoms with van der Waals surface area (Å²) in [6, 6.07) is 12.6. The molecule has 8 nitrogen and oxygen atoms in total. The highest BCUT2D eigenvalue weighted by atomic mass is 35.5. The quantitative estimate of drug-likeness (QED) is 0.305. The molecule has 2 rings (SSSR count). The minimum atomic E-state index is -0.484. The molecule has 0 atom stereocenters. The first kappa shape index (κ1) is 21.0. The molecule has 2 amide bonds. The summed E-state index contributed by atoms with van der Waals surface area (Å²) in [5.74, 6) is -0.591. The number of carbonyl (C=O) groups is 2. The van der Waals surface area contributed by atoms with Gasteiger partial charge in [0, 0.05) is 25.1 Å². The van der Waals surface area contributed by atoms with Crippen molar-refractivity contribution in [1.29, 1.82) is 0 Å². The fraction of sp³-hybridized carbons (Fsp3) is 0.211. The Labute approximate surface area is 166 Å². The van der Waals surface area contributed by atoms with Crippen LogP contribution in [-0.2, 0) is 4.79 Å². The minimum Gasteiger partial charge on any atom is -0.352 e. The predicted octanol–water partition coefficient (Wildman–Crippen LogP) is 3.30. The molecular formula is C19H19ClN4O4. The van der Waals surface area contributed by atoms with Gasteiger partial charge in [-0.25, -0.2) is 5.43 Å². The van der Waals surface area contributed by atoms with E-state index < -0.39 is 4.92 Å². The fourth-order valence-electron chi connectivity index (χ4n) is 2.28. The lowest BCUT2D eigenvalue weighted by Crippen LogP contribution is -2.26. The summed E-state index contributed by atoms with van der Waals surface area (Å²) in [6.45, 7) is 2.01. The maximum atomic E-state index is 12.0. The van der Waals surface area contributed by atoms with Crippen LogP contribution in [0.4, 0.5) is 5.69 Å². The topological polar surface area (TPSA) is 114 Å². The highest BCUT2D eigenvalue weighted by molar-refractivity contribution is 6.33. The van der Waals surface area contributed by atoms with Crippen LogP contribution in [0.2, 0.25) is 5.02 Å². The molecule has 0 unspecified atom stereocenters. The Morgan fingerprint density at radius 1 is 1.14 bits per heavy atom. The van der Waals surface area contributed by atoms with Crippen molar-refractivity contribution in [1.82, 2.24) is 10.7 Å². The second-order valence-electron chi connectivity index (χ2n) is 5.88. The number of amides is 2. The molecule has 0 aromatic heterocycles. The van der Waals surface area contributed by atoms with Crippen LogP contribution in [-0.4, -0.2) is 29.0 Å². The minimum absolute atomic E-state index is 0.0144. The zero-order valence-corrected chi connectivity index (χ0v) is 15.9. The third-order valence-electron chi connectivity index (χ3n) is 3.83. The Balaban J connectivity index is 1.74. The van der Waals surface area contributed by atoms with E-state index in [1.807, 2.05) is 0 Å². The summed E-state index contributed by atoms with van der Waals surface area (Å²) in [5.41, 5.74) is 3.99. The van der Waals surface area contributed by atoms with E-state index in [0.717, 1.165) is 0 Å². The Morgan fingerprint density at radius 2 is 1.82 bits per heavy atom. The Hall–Kier alpha value is -3.26. The van der Waals surface area contributed by atoms with Gasteiger partial charge in [0.15, 0.2) is 0 Å². The van der Waals surface area contributed by atoms with Gasteiger partial charge in [0.1, 0.15) is 0 Å². The average molecular weight is 403 g/mol. The Morgan fingerprint density at radius 3 is 2.46 bits per heavy atom. The second kappa shape index (κ2) is 10.2. The standard InChI is InChI=1S/C19H19ClN4O4/c1-13(14-8-10-15(11-9-14)24(27)28)22-23-18(25)7-4-12-21-19(26)16-5-2-3-6-17(16)20/h2-3,5-6,8-11H,4,7,12H2,1H3,(H,21,26)(H,23,25)/b22-13+. The van der Waals surface area contributed by atoms with Crippen molar-refractivity contribution in [2.24, 2.45) is 5.10 Å². The molecule has 0 saturated carbocycles. The zero-order valence-electron chi connectivity index (χ0n) is 15.1. The van der Waals surface area contributed by atoms with Crippen LogP contribution in [0.25, 0.3) is 0 Å². The van der Waals surface area contributed by atoms with E-state index >= 15 is 0 Å². The molecule has 9 heteroatoms. The number of hydrazone groups is 1. The first-order valence-electron chi connectivity index (χ1n) is 8.49. The number of nitro groups is 1. The molecule has 0 aliphatic heterocycles. The van der Waals surface area contributed by atoms with Crippen LogP contribution in [0.1, 0.15) is 35.7 Å². The van der Waals surface area contributed by atoms with E-state index in [4.69, 9.17) is 11.6 Å². The molecule has 0 aliphatic carbocycles. The van der Waals surface area contributed by atoms with Gasteiger partial charge < -0.3 is 5.32 Å². The van der Waals surface area contributed by atoms with Gasteiger partial charge in [-0.2, -0.15) is 5.10 Å². The number of hydrogen-bond acceptors (Lipinski definition) is 5. The molecule has 2 aromatic rings. The number of nitro benzene ring substituents is 1. The van der Waals surface area contributed by atoms with Crippen LogP contribution in [0.3, 0.4) is 0 Å². The van der Waals surface area contributed by atoms with Crippen LogP contribution < -0.4 is 10.7 Å². The van der Waals surface area contributed by atoms with Crippen LogP contribution >= 0.6 is 11.6 Å². The van der Waals surface area contributed by atoms with E-state index in [0.29, 0.717) is 34.8 Å². The van der Waals surface area contributed by atoms with E-state index in [2.05, 4.69) is 15.8 Å². The van der Waals surface area contributed by atoms with E-state index in [1.54, 1.807) is 43.3 Å². The molecule has 2 N–H and O–H groups in total. The van der Waals surface area contributed by atoms with Crippen molar-refractivity contribution in [3.63, 3.8) is 0 Å². The van der Waals surface area contributed by atoms with Gasteiger partial charge in [-0.15, -0.1) is 0 Å². The average Bonchev–Trinajstić information content (AvgIpc) is 2.69. The first-order valence-corrected chi connectivity index (χ1v) is 8.87. The van der Waals surface area contributed by atoms with Gasteiger partial charge in [0.05, 0.1) is 21.2 Å². The van der Waals surface area contributed by atoms with Crippen molar-refractivity contribution in [2.75, 3.05) is 6.54 Å². The van der Waals surface area contributed by atoms with E-state index in [9.17, 15) is 19.7 Å². The molecular weight excluding hydrogens is 384 g/mol. The maximum Gasteiger partial charge on any atom is 0.269 e. The van der Waals surface area contributed by atoms with Crippen LogP contribution in [0, 0.1) is 10.1 Å². The molecule has 0 spiro atoms. The Kier molecular flexibility index (Phi) is 7.65. The molecule has 0 fully saturated rings. The molecule has 2 aromatic carbocycles. The van der Waals surface area contributed by atoms with Crippen LogP contribution in [0.15, 0.2) is 53.6 Å². The van der Waals surface area contributed by atoms with Gasteiger partial charge in [0.25, 0.3) is 11.6 Å². The lowest BCUT2D eigenvalue weighted by atomic mass is 10.1. The number of non-ortho nitro benzene ring substituents is 1. The van der Waals surface area contributed by atoms with Crippen molar-refractivity contribution in [3.8, 4) is 0 Å². The molecule has 0 heterocycles. The van der Waals surface area contributed by atoms with Crippen LogP contribution in [0.5, 0.6) is 0 Å². The molecule has 0 aliphatic rings. The first-order chi connectivity index (χ1) is 13.4. The summed E-state index contributed by atoms with van der Waals surface area (Å²) in [5, 5.41) is 17.7. The number of nitrogens with one attached hydrogen (secondary N) is 2. The summed E-state index contributed by atoms with van der Waals surface area (Å²) in [7, 11) is 0. The zero-order chi connectivity index (χ0) is 20.5. The summed E-state index contributed by atoms with van der Waals surface area (Å²) >= 11 is 5.95. The highest BCUT2D eigenvalue weighted by Gasteiger charge is 2.09. The Bertz CT molecular complexity index is 897. The van der Waals surface area contributed by atoms with Gasteiger partial charge in [-0.05, 0) is 43.2 Å². The van der Waals surface area contributed by atoms with Crippen molar-refractivity contribution >= 4 is 34.8 Å². The van der Waals surface area contributed by atoms with Crippen molar-refractivity contribution in [2.45, 2.75) is 19.8 Å². The highest BCUT2D eigenvalue weighted by Crippen LogP contribution is 2.14. The summed E-state index contributed by atoms with van der Waals surface area (Å²) in [4.78, 5) is 34.0. The van der Waals surface area contributed by atoms with E-state index in [1.165, 1.54) is 12.1 Å². The van der Waals surface area contributed by atoms with E-state index in [-0.39, 0.29) is 23.9 Å². The largest absolute Gasteiger partial charge is 0.352 e. The van der Waals surface area contributed by atoms with Crippen molar-refractivity contribution < 1.29 is 14.5 Å². The number of hydrogen-bond donors (Lipinski definition) is 2. The second-order valence-corrected chi connectivity index (χ2v) is 6.28. The monoisotopic (exact) mass is 402 g/mol. The SMILES string of the molecule is C/C(=N\NC(=O)CCCNC(=O)c1ccccc1Cl)c1ccc([N+](=O)[O-])cc1. The molecule has 0 radical (unpaired) electrons. The third-order valence-corrected chi connectivity index (χ3v) is 4.16. The number of carbonyl (C=O) groups excluding carboxylic acids is 2.